The number of esters is 1. The molecule has 0 bridgehead atoms. The molecule has 1 aromatic rings. The SMILES string of the molecule is COc1ccc([N@+]2(CO)C(=O)[C@H](C(=O)NC3(C(=O)NC4CCCCC4)CCCCC3)[C@@H]2C(=O)OC(C)(C)C)cc1. The summed E-state index contributed by atoms with van der Waals surface area (Å²) in [4.78, 5) is 54.9. The molecule has 1 heterocycles. The maximum absolute atomic E-state index is 13.9. The number of aliphatic hydroxyl groups excluding tert-OH is 1. The average Bonchev–Trinajstić information content (AvgIpc) is 2.92. The molecule has 10 heteroatoms. The van der Waals surface area contributed by atoms with Crippen molar-refractivity contribution in [3.63, 3.8) is 0 Å². The number of carbonyl (C=O) groups excluding carboxylic acids is 4. The van der Waals surface area contributed by atoms with E-state index in [9.17, 15) is 24.3 Å². The van der Waals surface area contributed by atoms with Gasteiger partial charge in [-0.15, -0.1) is 0 Å². The van der Waals surface area contributed by atoms with E-state index in [1.165, 1.54) is 7.11 Å². The fourth-order valence-electron chi connectivity index (χ4n) is 6.45. The second kappa shape index (κ2) is 11.9. The minimum absolute atomic E-state index is 0.0746. The summed E-state index contributed by atoms with van der Waals surface area (Å²) in [5.74, 6) is -3.16. The first-order chi connectivity index (χ1) is 19.0. The first-order valence-electron chi connectivity index (χ1n) is 14.5. The quantitative estimate of drug-likeness (QED) is 0.193. The fourth-order valence-corrected chi connectivity index (χ4v) is 6.45. The van der Waals surface area contributed by atoms with Crippen LogP contribution < -0.4 is 19.9 Å². The van der Waals surface area contributed by atoms with Crippen LogP contribution in [0.1, 0.15) is 85.0 Å². The second-order valence-corrected chi connectivity index (χ2v) is 12.4. The Morgan fingerprint density at radius 2 is 1.60 bits per heavy atom. The number of nitrogens with one attached hydrogen (secondary N) is 2. The molecule has 3 atom stereocenters. The van der Waals surface area contributed by atoms with E-state index >= 15 is 0 Å². The second-order valence-electron chi connectivity index (χ2n) is 12.4. The largest absolute Gasteiger partial charge is 0.497 e. The Balaban J connectivity index is 1.64. The van der Waals surface area contributed by atoms with Gasteiger partial charge in [0.2, 0.25) is 23.8 Å². The summed E-state index contributed by atoms with van der Waals surface area (Å²) in [7, 11) is 1.51. The zero-order valence-electron chi connectivity index (χ0n) is 24.2. The van der Waals surface area contributed by atoms with Gasteiger partial charge in [0.1, 0.15) is 22.6 Å². The Morgan fingerprint density at radius 1 is 1.00 bits per heavy atom. The molecule has 3 aliphatic rings. The van der Waals surface area contributed by atoms with Crippen molar-refractivity contribution in [2.45, 2.75) is 108 Å². The average molecular weight is 559 g/mol. The van der Waals surface area contributed by atoms with Crippen LogP contribution in [0.25, 0.3) is 0 Å². The van der Waals surface area contributed by atoms with E-state index in [2.05, 4.69) is 10.6 Å². The molecule has 0 radical (unpaired) electrons. The maximum atomic E-state index is 13.9. The summed E-state index contributed by atoms with van der Waals surface area (Å²) < 4.78 is 10.1. The van der Waals surface area contributed by atoms with Gasteiger partial charge in [-0.25, -0.2) is 9.59 Å². The third kappa shape index (κ3) is 5.74. The summed E-state index contributed by atoms with van der Waals surface area (Å²) in [6.07, 6.45) is 8.54. The van der Waals surface area contributed by atoms with E-state index in [1.807, 2.05) is 0 Å². The summed E-state index contributed by atoms with van der Waals surface area (Å²) in [5.41, 5.74) is -1.68. The van der Waals surface area contributed by atoms with Crippen molar-refractivity contribution in [1.82, 2.24) is 15.1 Å². The lowest BCUT2D eigenvalue weighted by atomic mass is 9.77. The highest BCUT2D eigenvalue weighted by Crippen LogP contribution is 2.43. The molecule has 2 saturated carbocycles. The highest BCUT2D eigenvalue weighted by Gasteiger charge is 2.72. The Morgan fingerprint density at radius 3 is 2.15 bits per heavy atom. The van der Waals surface area contributed by atoms with Crippen LogP contribution in [0.5, 0.6) is 5.75 Å². The molecule has 3 fully saturated rings. The summed E-state index contributed by atoms with van der Waals surface area (Å²) >= 11 is 0. The third-order valence-electron chi connectivity index (χ3n) is 8.58. The van der Waals surface area contributed by atoms with Crippen LogP contribution in [-0.2, 0) is 23.9 Å². The number of ether oxygens (including phenoxy) is 2. The van der Waals surface area contributed by atoms with Gasteiger partial charge in [-0.2, -0.15) is 4.48 Å². The lowest BCUT2D eigenvalue weighted by Gasteiger charge is -2.50. The van der Waals surface area contributed by atoms with Crippen LogP contribution in [0.2, 0.25) is 0 Å². The van der Waals surface area contributed by atoms with Crippen LogP contribution in [0, 0.1) is 5.92 Å². The van der Waals surface area contributed by atoms with Crippen LogP contribution in [0.3, 0.4) is 0 Å². The molecule has 3 amide bonds. The number of likely N-dealkylation sites (tertiary alicyclic amines) is 1. The molecule has 0 unspecified atom stereocenters. The van der Waals surface area contributed by atoms with E-state index in [1.54, 1.807) is 45.0 Å². The molecule has 220 valence electrons. The van der Waals surface area contributed by atoms with Crippen molar-refractivity contribution in [2.75, 3.05) is 13.8 Å². The molecule has 2 aliphatic carbocycles. The molecule has 10 nitrogen and oxygen atoms in total. The molecule has 0 spiro atoms. The zero-order chi connectivity index (χ0) is 29.1. The number of rotatable bonds is 8. The van der Waals surface area contributed by atoms with E-state index in [0.29, 0.717) is 24.3 Å². The van der Waals surface area contributed by atoms with Crippen molar-refractivity contribution in [2.24, 2.45) is 5.92 Å². The monoisotopic (exact) mass is 558 g/mol. The topological polar surface area (TPSA) is 131 Å². The number of aliphatic hydroxyl groups is 1. The van der Waals surface area contributed by atoms with Gasteiger partial charge in [-0.3, -0.25) is 9.59 Å². The van der Waals surface area contributed by atoms with Gasteiger partial charge in [0.25, 0.3) is 0 Å². The first kappa shape index (κ1) is 30.0. The van der Waals surface area contributed by atoms with Gasteiger partial charge >= 0.3 is 11.9 Å². The zero-order valence-corrected chi connectivity index (χ0v) is 24.2. The highest BCUT2D eigenvalue weighted by atomic mass is 16.6. The maximum Gasteiger partial charge on any atom is 0.368 e. The number of hydrogen-bond acceptors (Lipinski definition) is 7. The van der Waals surface area contributed by atoms with Crippen LogP contribution >= 0.6 is 0 Å². The summed E-state index contributed by atoms with van der Waals surface area (Å²) in [5, 5.41) is 16.7. The first-order valence-corrected chi connectivity index (χ1v) is 14.5. The molecule has 1 aromatic carbocycles. The van der Waals surface area contributed by atoms with Crippen molar-refractivity contribution >= 4 is 29.4 Å². The van der Waals surface area contributed by atoms with Gasteiger partial charge in [-0.05, 0) is 58.6 Å². The number of nitrogens with zero attached hydrogens (tertiary/aromatic N) is 1. The third-order valence-corrected chi connectivity index (χ3v) is 8.58. The molecular formula is C30H44N3O7+. The minimum atomic E-state index is -1.41. The van der Waals surface area contributed by atoms with Gasteiger partial charge in [0.05, 0.1) is 7.11 Å². The Labute approximate surface area is 236 Å². The number of methoxy groups -OCH3 is 1. The number of quaternary nitrogens is 1. The number of amides is 3. The minimum Gasteiger partial charge on any atom is -0.497 e. The smallest absolute Gasteiger partial charge is 0.368 e. The van der Waals surface area contributed by atoms with Gasteiger partial charge in [0, 0.05) is 18.2 Å². The number of hydrogen-bond donors (Lipinski definition) is 3. The fraction of sp³-hybridized carbons (Fsp3) is 0.667. The predicted octanol–water partition coefficient (Wildman–Crippen LogP) is 3.09. The van der Waals surface area contributed by atoms with E-state index < -0.39 is 52.1 Å². The molecule has 0 aromatic heterocycles. The highest BCUT2D eigenvalue weighted by molar-refractivity contribution is 6.17. The molecule has 4 rings (SSSR count). The lowest BCUT2D eigenvalue weighted by molar-refractivity contribution is -0.187. The van der Waals surface area contributed by atoms with Gasteiger partial charge in [0.15, 0.2) is 6.73 Å². The molecule has 1 aliphatic heterocycles. The Hall–Kier alpha value is -2.98. The Bertz CT molecular complexity index is 1100. The van der Waals surface area contributed by atoms with Crippen LogP contribution in [-0.4, -0.2) is 65.9 Å². The lowest BCUT2D eigenvalue weighted by Crippen LogP contribution is -2.82. The van der Waals surface area contributed by atoms with E-state index in [0.717, 1.165) is 51.4 Å². The normalized spacial score (nSPS) is 26.8. The van der Waals surface area contributed by atoms with Crippen molar-refractivity contribution in [3.05, 3.63) is 24.3 Å². The predicted molar refractivity (Wildman–Crippen MR) is 149 cm³/mol. The van der Waals surface area contributed by atoms with Crippen molar-refractivity contribution in [3.8, 4) is 5.75 Å². The van der Waals surface area contributed by atoms with E-state index in [4.69, 9.17) is 9.47 Å². The number of benzene rings is 1. The van der Waals surface area contributed by atoms with Crippen molar-refractivity contribution in [1.29, 1.82) is 0 Å². The van der Waals surface area contributed by atoms with Crippen molar-refractivity contribution < 1.29 is 33.8 Å². The van der Waals surface area contributed by atoms with Gasteiger partial charge in [-0.1, -0.05) is 38.5 Å². The number of β-lactam (4-membered cyclic amide) rings is 1. The summed E-state index contributed by atoms with van der Waals surface area (Å²) in [6, 6.07) is 5.21. The Kier molecular flexibility index (Phi) is 8.89. The molecule has 3 N–H and O–H groups in total. The van der Waals surface area contributed by atoms with Gasteiger partial charge < -0.3 is 25.2 Å². The summed E-state index contributed by atoms with van der Waals surface area (Å²) in [6.45, 7) is 4.38. The molecule has 40 heavy (non-hydrogen) atoms. The van der Waals surface area contributed by atoms with Crippen LogP contribution in [0.4, 0.5) is 5.69 Å². The number of carbonyl (C=O) groups is 4. The molecular weight excluding hydrogens is 514 g/mol. The standard InChI is InChI=1S/C30H43N3O7/c1-29(2,3)40-27(37)24-23(26(36)33(24,19-34)21-13-15-22(39-4)16-14-21)25(35)32-30(17-9-6-10-18-30)28(38)31-20-11-7-5-8-12-20/h13-16,20,23-24,34H,5-12,17-19H2,1-4H3,(H-,31,32,35,38)/p+1/t23-,24+,33-/m0/s1. The van der Waals surface area contributed by atoms with Crippen LogP contribution in [0.15, 0.2) is 24.3 Å². The van der Waals surface area contributed by atoms with E-state index in [-0.39, 0.29) is 11.9 Å². The molecule has 1 saturated heterocycles.